The number of rotatable bonds is 13. The van der Waals surface area contributed by atoms with Crippen molar-refractivity contribution in [3.8, 4) is 23.1 Å². The summed E-state index contributed by atoms with van der Waals surface area (Å²) in [6.07, 6.45) is 12.2. The van der Waals surface area contributed by atoms with Crippen LogP contribution in [0.25, 0.3) is 11.0 Å². The lowest BCUT2D eigenvalue weighted by Crippen LogP contribution is -2.54. The number of piperidine rings is 1. The number of carbonyl (C=O) groups is 1. The van der Waals surface area contributed by atoms with Crippen molar-refractivity contribution in [3.63, 3.8) is 0 Å². The second-order valence-corrected chi connectivity index (χ2v) is 23.4. The highest BCUT2D eigenvalue weighted by Gasteiger charge is 2.50. The predicted molar refractivity (Wildman–Crippen MR) is 273 cm³/mol. The number of anilines is 2. The van der Waals surface area contributed by atoms with Gasteiger partial charge in [-0.3, -0.25) is 9.69 Å². The highest BCUT2D eigenvalue weighted by atomic mass is 32.2. The average Bonchev–Trinajstić information content (AvgIpc) is 4.16. The number of hydrogen-bond donors (Lipinski definition) is 5. The number of nitrogens with zero attached hydrogens (tertiary/aromatic N) is 4. The number of ether oxygens (including phenoxy) is 3. The summed E-state index contributed by atoms with van der Waals surface area (Å²) in [6.45, 7) is 10.9. The number of aliphatic hydroxyl groups is 1. The molecule has 1 spiro atoms. The number of carbonyl (C=O) groups excluding carboxylic acids is 1. The third-order valence-electron chi connectivity index (χ3n) is 16.6. The molecule has 376 valence electrons. The van der Waals surface area contributed by atoms with Crippen LogP contribution in [0.3, 0.4) is 0 Å². The predicted octanol–water partition coefficient (Wildman–Crippen LogP) is 9.44. The number of benzene rings is 3. The Balaban J connectivity index is 0.835. The van der Waals surface area contributed by atoms with Crippen molar-refractivity contribution in [2.24, 2.45) is 16.5 Å². The summed E-state index contributed by atoms with van der Waals surface area (Å²) in [5, 5.41) is 21.1. The van der Waals surface area contributed by atoms with Crippen LogP contribution in [-0.2, 0) is 10.0 Å². The van der Waals surface area contributed by atoms with E-state index in [1.165, 1.54) is 42.9 Å². The molecule has 5 aromatic rings. The van der Waals surface area contributed by atoms with E-state index in [1.807, 2.05) is 31.2 Å². The number of aromatic amines is 1. The van der Waals surface area contributed by atoms with Crippen molar-refractivity contribution in [2.75, 3.05) is 49.5 Å². The maximum atomic E-state index is 14.4. The van der Waals surface area contributed by atoms with E-state index >= 15 is 0 Å². The highest BCUT2D eigenvalue weighted by molar-refractivity contribution is 7.90. The van der Waals surface area contributed by atoms with Gasteiger partial charge in [0.1, 0.15) is 41.2 Å². The third-order valence-corrected chi connectivity index (χ3v) is 17.9. The van der Waals surface area contributed by atoms with E-state index in [0.29, 0.717) is 48.7 Å². The normalized spacial score (nSPS) is 25.6. The van der Waals surface area contributed by atoms with Crippen molar-refractivity contribution >= 4 is 44.0 Å². The topological polar surface area (TPSA) is 200 Å². The minimum atomic E-state index is -4.58. The zero-order valence-corrected chi connectivity index (χ0v) is 41.7. The lowest BCUT2D eigenvalue weighted by atomic mass is 9.59. The monoisotopic (exact) mass is 986 g/mol. The summed E-state index contributed by atoms with van der Waals surface area (Å²) in [5.74, 6) is 0.563. The standard InChI is InChI=1S/C54H66N8O8S/c1-33(2)40-7-4-5-8-41(40)45-9-6-22-62(45)37-29-54(30-37)18-23-61(24-19-54)36-10-11-42(46(26-36)70-48-25-35-14-21-56-50(35)58-52(48)69-38-15-20-55-31-38)51(63)60-71(66,67)39-27-43(59-65)49-47(28-39)68-32-44(57-49)34-12-16-53(3,64)17-13-34/h4-5,7-8,10-11,14,21,25-28,33-34,37-38,44-45,55,57,64H,6,9,12-13,15-20,22-24,29-32H2,1-3H3,(H,56,58)(H,60,63)/t34-,38-,44?,45+,53-/m0/s1. The number of nitrogens with one attached hydrogen (secondary N) is 4. The average molecular weight is 987 g/mol. The molecule has 3 saturated heterocycles. The molecule has 0 radical (unpaired) electrons. The van der Waals surface area contributed by atoms with Crippen LogP contribution in [-0.4, -0.2) is 97.4 Å². The van der Waals surface area contributed by atoms with Crippen LogP contribution < -0.4 is 34.5 Å². The summed E-state index contributed by atoms with van der Waals surface area (Å²) >= 11 is 0. The van der Waals surface area contributed by atoms with Gasteiger partial charge in [-0.15, -0.1) is 4.91 Å². The number of likely N-dealkylation sites (tertiary alicyclic amines) is 1. The molecule has 4 aliphatic heterocycles. The molecule has 2 aromatic heterocycles. The number of amides is 1. The lowest BCUT2D eigenvalue weighted by Gasteiger charge is -2.56. The van der Waals surface area contributed by atoms with Crippen LogP contribution in [0.15, 0.2) is 83.0 Å². The van der Waals surface area contributed by atoms with E-state index in [9.17, 15) is 23.2 Å². The summed E-state index contributed by atoms with van der Waals surface area (Å²) < 4.78 is 49.7. The number of H-pyrrole nitrogens is 1. The van der Waals surface area contributed by atoms with Crippen LogP contribution in [0.4, 0.5) is 17.1 Å². The van der Waals surface area contributed by atoms with Crippen LogP contribution in [0.5, 0.6) is 23.1 Å². The molecule has 3 atom stereocenters. The van der Waals surface area contributed by atoms with E-state index in [4.69, 9.17) is 19.2 Å². The molecule has 2 aliphatic carbocycles. The van der Waals surface area contributed by atoms with Gasteiger partial charge in [0.25, 0.3) is 21.8 Å². The van der Waals surface area contributed by atoms with Gasteiger partial charge >= 0.3 is 0 Å². The van der Waals surface area contributed by atoms with E-state index in [1.54, 1.807) is 12.3 Å². The first-order chi connectivity index (χ1) is 34.2. The molecule has 5 N–H and O–H groups in total. The Kier molecular flexibility index (Phi) is 12.7. The molecule has 71 heavy (non-hydrogen) atoms. The number of pyridine rings is 1. The molecule has 1 amide bonds. The van der Waals surface area contributed by atoms with Gasteiger partial charge in [-0.1, -0.05) is 38.1 Å². The van der Waals surface area contributed by atoms with Crippen molar-refractivity contribution in [2.45, 2.75) is 132 Å². The number of aromatic nitrogens is 2. The molecular formula is C54H66N8O8S. The van der Waals surface area contributed by atoms with Gasteiger partial charge in [-0.05, 0) is 155 Å². The zero-order chi connectivity index (χ0) is 49.1. The first-order valence-electron chi connectivity index (χ1n) is 25.7. The summed E-state index contributed by atoms with van der Waals surface area (Å²) in [6, 6.07) is 21.3. The van der Waals surface area contributed by atoms with Gasteiger partial charge in [0.2, 0.25) is 0 Å². The minimum absolute atomic E-state index is 0.0200. The maximum absolute atomic E-state index is 14.4. The summed E-state index contributed by atoms with van der Waals surface area (Å²) in [4.78, 5) is 39.4. The zero-order valence-electron chi connectivity index (χ0n) is 40.9. The Bertz CT molecular complexity index is 2910. The smallest absolute Gasteiger partial charge is 0.268 e. The quantitative estimate of drug-likeness (QED) is 0.0700. The van der Waals surface area contributed by atoms with Gasteiger partial charge in [0, 0.05) is 61.1 Å². The molecule has 16 nitrogen and oxygen atoms in total. The number of nitroso groups, excluding NO2 is 1. The van der Waals surface area contributed by atoms with Crippen LogP contribution >= 0.6 is 0 Å². The fraction of sp³-hybridized carbons (Fsp3) is 0.519. The molecule has 11 rings (SSSR count). The minimum Gasteiger partial charge on any atom is -0.489 e. The maximum Gasteiger partial charge on any atom is 0.268 e. The van der Waals surface area contributed by atoms with Gasteiger partial charge in [0.05, 0.1) is 22.1 Å². The summed E-state index contributed by atoms with van der Waals surface area (Å²) in [7, 11) is -4.58. The van der Waals surface area contributed by atoms with Crippen LogP contribution in [0.2, 0.25) is 0 Å². The fourth-order valence-corrected chi connectivity index (χ4v) is 13.4. The molecule has 2 saturated carbocycles. The Labute approximate surface area is 415 Å². The second kappa shape index (κ2) is 19.0. The highest BCUT2D eigenvalue weighted by Crippen LogP contribution is 2.54. The van der Waals surface area contributed by atoms with Crippen molar-refractivity contribution < 1.29 is 32.5 Å². The molecule has 0 bridgehead atoms. The van der Waals surface area contributed by atoms with Gasteiger partial charge in [-0.25, -0.2) is 13.1 Å². The Morgan fingerprint density at radius 2 is 1.77 bits per heavy atom. The Hall–Kier alpha value is -5.75. The van der Waals surface area contributed by atoms with Crippen molar-refractivity contribution in [1.82, 2.24) is 24.9 Å². The SMILES string of the molecule is CC(C)c1ccccc1[C@H]1CCCN1C1CC2(CCN(c3ccc(C(=O)NS(=O)(=O)c4cc(N=O)c5c(c4)OCC([C@H]4CC[C@](C)(O)CC4)N5)c(Oc4cc5cc[nH]c5nc4O[C@H]4CCNC4)c3)CC2)C1. The number of fused-ring (bicyclic) bond motifs is 2. The van der Waals surface area contributed by atoms with Crippen molar-refractivity contribution in [3.05, 3.63) is 94.5 Å². The fourth-order valence-electron chi connectivity index (χ4n) is 12.4. The van der Waals surface area contributed by atoms with Crippen LogP contribution in [0, 0.1) is 16.2 Å². The molecule has 17 heteroatoms. The number of sulfonamides is 1. The Morgan fingerprint density at radius 1 is 0.972 bits per heavy atom. The molecule has 3 aromatic carbocycles. The van der Waals surface area contributed by atoms with Gasteiger partial charge in [0.15, 0.2) is 5.75 Å². The van der Waals surface area contributed by atoms with E-state index < -0.39 is 21.5 Å². The first-order valence-corrected chi connectivity index (χ1v) is 27.2. The molecule has 6 heterocycles. The summed E-state index contributed by atoms with van der Waals surface area (Å²) in [5.41, 5.74) is 4.14. The molecule has 6 aliphatic rings. The first kappa shape index (κ1) is 47.6. The lowest BCUT2D eigenvalue weighted by molar-refractivity contribution is -0.0227. The van der Waals surface area contributed by atoms with E-state index in [2.05, 4.69) is 73.4 Å². The van der Waals surface area contributed by atoms with Gasteiger partial charge < -0.3 is 39.8 Å². The van der Waals surface area contributed by atoms with Crippen LogP contribution in [0.1, 0.15) is 125 Å². The van der Waals surface area contributed by atoms with E-state index in [0.717, 1.165) is 75.4 Å². The third kappa shape index (κ3) is 9.58. The second-order valence-electron chi connectivity index (χ2n) is 21.7. The van der Waals surface area contributed by atoms with Gasteiger partial charge in [-0.2, -0.15) is 4.98 Å². The van der Waals surface area contributed by atoms with Crippen molar-refractivity contribution in [1.29, 1.82) is 0 Å². The van der Waals surface area contributed by atoms with E-state index in [-0.39, 0.29) is 69.4 Å². The largest absolute Gasteiger partial charge is 0.489 e. The number of hydrogen-bond acceptors (Lipinski definition) is 14. The molecule has 5 fully saturated rings. The Morgan fingerprint density at radius 3 is 2.54 bits per heavy atom. The molecule has 1 unspecified atom stereocenters. The molecular weight excluding hydrogens is 921 g/mol.